The van der Waals surface area contributed by atoms with Gasteiger partial charge in [-0.1, -0.05) is 0 Å². The Bertz CT molecular complexity index is 331. The Hall–Kier alpha value is 1.37. The number of carbonyl (C=O) groups is 4. The van der Waals surface area contributed by atoms with Gasteiger partial charge in [-0.2, -0.15) is 0 Å². The summed E-state index contributed by atoms with van der Waals surface area (Å²) in [7, 11) is 0. The SMILES string of the molecule is O=C([O-])CN(CCN(CC(=O)[O-])CC(=O)[O-])CC(=O)[O-].[Ba+2].[Na+].[Na+]. The molecule has 0 aromatic carbocycles. The van der Waals surface area contributed by atoms with E-state index in [0.717, 1.165) is 9.80 Å². The van der Waals surface area contributed by atoms with Crippen LogP contribution in [0.2, 0.25) is 0 Å². The molecule has 0 saturated carbocycles. The summed E-state index contributed by atoms with van der Waals surface area (Å²) in [5.74, 6) is -6.12. The average molecular weight is 472 g/mol. The van der Waals surface area contributed by atoms with Crippen molar-refractivity contribution in [2.24, 2.45) is 0 Å². The molecule has 13 heteroatoms. The van der Waals surface area contributed by atoms with Crippen molar-refractivity contribution < 1.29 is 98.7 Å². The Kier molecular flexibility index (Phi) is 25.3. The Morgan fingerprint density at radius 1 is 0.565 bits per heavy atom. The van der Waals surface area contributed by atoms with E-state index >= 15 is 0 Å². The minimum absolute atomic E-state index is 0. The Labute approximate surface area is 217 Å². The van der Waals surface area contributed by atoms with Gasteiger partial charge in [-0.05, 0) is 0 Å². The largest absolute Gasteiger partial charge is 2.00 e. The molecule has 10 nitrogen and oxygen atoms in total. The molecule has 0 bridgehead atoms. The van der Waals surface area contributed by atoms with Crippen molar-refractivity contribution in [2.45, 2.75) is 0 Å². The summed E-state index contributed by atoms with van der Waals surface area (Å²) in [5.41, 5.74) is 0. The van der Waals surface area contributed by atoms with Gasteiger partial charge in [0.05, 0.1) is 23.9 Å². The van der Waals surface area contributed by atoms with Crippen LogP contribution in [0.3, 0.4) is 0 Å². The molecule has 0 saturated heterocycles. The second-order valence-electron chi connectivity index (χ2n) is 3.91. The third-order valence-electron chi connectivity index (χ3n) is 2.14. The van der Waals surface area contributed by atoms with E-state index in [1.165, 1.54) is 0 Å². The molecular formula is C10H12BaN2Na2O8. The molecule has 0 N–H and O–H groups in total. The Morgan fingerprint density at radius 2 is 0.739 bits per heavy atom. The molecule has 114 valence electrons. The van der Waals surface area contributed by atoms with Gasteiger partial charge in [0.15, 0.2) is 0 Å². The summed E-state index contributed by atoms with van der Waals surface area (Å²) >= 11 is 0. The third-order valence-corrected chi connectivity index (χ3v) is 2.14. The molecule has 0 rings (SSSR count). The van der Waals surface area contributed by atoms with Gasteiger partial charge in [0.25, 0.3) is 0 Å². The molecule has 0 amide bonds. The fourth-order valence-electron chi connectivity index (χ4n) is 1.44. The zero-order valence-corrected chi connectivity index (χ0v) is 21.6. The average Bonchev–Trinajstić information content (AvgIpc) is 2.22. The first kappa shape index (κ1) is 32.1. The molecule has 0 atom stereocenters. The van der Waals surface area contributed by atoms with E-state index in [4.69, 9.17) is 0 Å². The quantitative estimate of drug-likeness (QED) is 0.264. The molecule has 0 radical (unpaired) electrons. The Balaban J connectivity index is -0.000000602. The molecule has 0 aliphatic heterocycles. The molecule has 0 aliphatic rings. The Morgan fingerprint density at radius 3 is 0.870 bits per heavy atom. The normalized spacial score (nSPS) is 9.30. The van der Waals surface area contributed by atoms with Crippen LogP contribution < -0.4 is 79.5 Å². The number of carbonyl (C=O) groups excluding carboxylic acids is 4. The number of nitrogens with zero attached hydrogens (tertiary/aromatic N) is 2. The maximum Gasteiger partial charge on any atom is 2.00 e. The molecule has 0 aliphatic carbocycles. The summed E-state index contributed by atoms with van der Waals surface area (Å²) in [5, 5.41) is 41.6. The summed E-state index contributed by atoms with van der Waals surface area (Å²) in [6.45, 7) is -3.25. The van der Waals surface area contributed by atoms with E-state index in [9.17, 15) is 39.6 Å². The molecule has 0 unspecified atom stereocenters. The van der Waals surface area contributed by atoms with Crippen molar-refractivity contribution in [2.75, 3.05) is 39.3 Å². The molecule has 0 aromatic rings. The van der Waals surface area contributed by atoms with Crippen LogP contribution in [0.4, 0.5) is 0 Å². The predicted octanol–water partition coefficient (Wildman–Crippen LogP) is -13.8. The number of hydrogen-bond donors (Lipinski definition) is 0. The van der Waals surface area contributed by atoms with Crippen LogP contribution in [-0.2, 0) is 19.2 Å². The smallest absolute Gasteiger partial charge is 0.549 e. The second kappa shape index (κ2) is 18.2. The van der Waals surface area contributed by atoms with Gasteiger partial charge in [-0.25, -0.2) is 0 Å². The van der Waals surface area contributed by atoms with Gasteiger partial charge >= 0.3 is 108 Å². The maximum absolute atomic E-state index is 10.4. The zero-order chi connectivity index (χ0) is 15.7. The van der Waals surface area contributed by atoms with E-state index in [1.54, 1.807) is 0 Å². The summed E-state index contributed by atoms with van der Waals surface area (Å²) in [6, 6.07) is 0. The first-order valence-electron chi connectivity index (χ1n) is 5.44. The van der Waals surface area contributed by atoms with Crippen LogP contribution >= 0.6 is 0 Å². The topological polar surface area (TPSA) is 167 Å². The van der Waals surface area contributed by atoms with Gasteiger partial charge in [-0.15, -0.1) is 0 Å². The van der Waals surface area contributed by atoms with Crippen molar-refractivity contribution in [3.05, 3.63) is 0 Å². The van der Waals surface area contributed by atoms with Gasteiger partial charge in [0, 0.05) is 39.3 Å². The van der Waals surface area contributed by atoms with E-state index < -0.39 is 50.1 Å². The monoisotopic (exact) mass is 472 g/mol. The van der Waals surface area contributed by atoms with Gasteiger partial charge in [0.1, 0.15) is 0 Å². The predicted molar refractivity (Wildman–Crippen MR) is 58.7 cm³/mol. The fourth-order valence-corrected chi connectivity index (χ4v) is 1.44. The minimum Gasteiger partial charge on any atom is -0.549 e. The molecule has 23 heavy (non-hydrogen) atoms. The number of carboxylic acid groups (broad SMARTS) is 4. The molecule has 0 fully saturated rings. The van der Waals surface area contributed by atoms with Crippen LogP contribution in [0.1, 0.15) is 0 Å². The minimum atomic E-state index is -1.53. The number of hydrogen-bond acceptors (Lipinski definition) is 10. The van der Waals surface area contributed by atoms with Crippen molar-refractivity contribution in [3.8, 4) is 0 Å². The standard InChI is InChI=1S/C10H16N2O8.Ba.2Na/c13-7(14)3-11(4-8(15)16)1-2-12(5-9(17)18)6-10(19)20;;;/h1-6H2,(H,13,14)(H,15,16)(H,17,18)(H,19,20);;;/q;+2;2*+1/p-4. The molecule has 0 spiro atoms. The van der Waals surface area contributed by atoms with E-state index in [2.05, 4.69) is 0 Å². The molecule has 0 heterocycles. The van der Waals surface area contributed by atoms with Crippen molar-refractivity contribution in [1.82, 2.24) is 9.80 Å². The van der Waals surface area contributed by atoms with Crippen LogP contribution in [0.5, 0.6) is 0 Å². The maximum atomic E-state index is 10.4. The van der Waals surface area contributed by atoms with Crippen molar-refractivity contribution >= 4 is 72.8 Å². The third kappa shape index (κ3) is 21.3. The molecule has 0 aromatic heterocycles. The molecular weight excluding hydrogens is 459 g/mol. The van der Waals surface area contributed by atoms with Gasteiger partial charge < -0.3 is 39.6 Å². The first-order valence-corrected chi connectivity index (χ1v) is 5.44. The zero-order valence-electron chi connectivity index (χ0n) is 13.1. The van der Waals surface area contributed by atoms with Gasteiger partial charge in [0.2, 0.25) is 0 Å². The van der Waals surface area contributed by atoms with E-state index in [1.807, 2.05) is 0 Å². The van der Waals surface area contributed by atoms with Crippen LogP contribution in [0.25, 0.3) is 0 Å². The van der Waals surface area contributed by atoms with E-state index in [0.29, 0.717) is 0 Å². The van der Waals surface area contributed by atoms with Crippen molar-refractivity contribution in [1.29, 1.82) is 0 Å². The van der Waals surface area contributed by atoms with Crippen LogP contribution in [-0.4, -0.2) is 122 Å². The number of carboxylic acids is 4. The van der Waals surface area contributed by atoms with E-state index in [-0.39, 0.29) is 121 Å². The van der Waals surface area contributed by atoms with Gasteiger partial charge in [-0.3, -0.25) is 9.80 Å². The second-order valence-corrected chi connectivity index (χ2v) is 3.91. The summed E-state index contributed by atoms with van der Waals surface area (Å²) < 4.78 is 0. The van der Waals surface area contributed by atoms with Crippen molar-refractivity contribution in [3.63, 3.8) is 0 Å². The fraction of sp³-hybridized carbons (Fsp3) is 0.600. The summed E-state index contributed by atoms with van der Waals surface area (Å²) in [6.07, 6.45) is 0. The number of rotatable bonds is 11. The first-order chi connectivity index (χ1) is 9.20. The van der Waals surface area contributed by atoms with Crippen LogP contribution in [0, 0.1) is 0 Å². The number of aliphatic carboxylic acids is 4. The summed E-state index contributed by atoms with van der Waals surface area (Å²) in [4.78, 5) is 43.4. The van der Waals surface area contributed by atoms with Crippen LogP contribution in [0.15, 0.2) is 0 Å².